The van der Waals surface area contributed by atoms with E-state index in [0.29, 0.717) is 31.3 Å². The summed E-state index contributed by atoms with van der Waals surface area (Å²) >= 11 is 0. The van der Waals surface area contributed by atoms with Crippen LogP contribution < -0.4 is 0 Å². The molecule has 4 rings (SSSR count). The van der Waals surface area contributed by atoms with Gasteiger partial charge in [0.15, 0.2) is 0 Å². The van der Waals surface area contributed by atoms with Crippen LogP contribution in [0, 0.1) is 29.0 Å². The first kappa shape index (κ1) is 24.6. The van der Waals surface area contributed by atoms with E-state index in [-0.39, 0.29) is 12.4 Å². The molecule has 182 valence electrons. The monoisotopic (exact) mass is 475 g/mol. The van der Waals surface area contributed by atoms with Gasteiger partial charge in [0, 0.05) is 30.5 Å². The maximum absolute atomic E-state index is 14.2. The van der Waals surface area contributed by atoms with Crippen LogP contribution in [-0.4, -0.2) is 34.1 Å². The van der Waals surface area contributed by atoms with Crippen LogP contribution in [0.1, 0.15) is 37.8 Å². The smallest absolute Gasteiger partial charge is 0.329 e. The van der Waals surface area contributed by atoms with E-state index in [1.165, 1.54) is 12.1 Å². The number of aromatic nitrogens is 2. The molecule has 0 amide bonds. The van der Waals surface area contributed by atoms with E-state index in [1.54, 1.807) is 6.07 Å². The predicted octanol–water partition coefficient (Wildman–Crippen LogP) is 5.72. The average molecular weight is 476 g/mol. The third kappa shape index (κ3) is 6.34. The van der Waals surface area contributed by atoms with Gasteiger partial charge in [0.2, 0.25) is 0 Å². The van der Waals surface area contributed by atoms with Crippen LogP contribution in [-0.2, 0) is 22.5 Å². The Bertz CT molecular complexity index is 1180. The molecule has 0 atom stereocenters. The van der Waals surface area contributed by atoms with E-state index in [4.69, 9.17) is 14.9 Å². The number of aliphatic carboxylic acids is 1. The average Bonchev–Trinajstić information content (AvgIpc) is 3.22. The highest BCUT2D eigenvalue weighted by molar-refractivity contribution is 5.83. The number of benzene rings is 2. The molecule has 2 aromatic carbocycles. The van der Waals surface area contributed by atoms with Crippen LogP contribution in [0.25, 0.3) is 22.4 Å². The van der Waals surface area contributed by atoms with Gasteiger partial charge in [-0.1, -0.05) is 42.5 Å². The van der Waals surface area contributed by atoms with Crippen LogP contribution >= 0.6 is 0 Å². The lowest BCUT2D eigenvalue weighted by Crippen LogP contribution is -2.23. The van der Waals surface area contributed by atoms with Gasteiger partial charge in [0.1, 0.15) is 12.4 Å². The van der Waals surface area contributed by atoms with Crippen molar-refractivity contribution in [2.45, 2.75) is 45.1 Å². The molecule has 3 aromatic rings. The van der Waals surface area contributed by atoms with Gasteiger partial charge in [-0.2, -0.15) is 10.4 Å². The van der Waals surface area contributed by atoms with Gasteiger partial charge >= 0.3 is 5.97 Å². The Balaban J connectivity index is 1.62. The van der Waals surface area contributed by atoms with Crippen molar-refractivity contribution in [3.05, 3.63) is 66.1 Å². The highest BCUT2D eigenvalue weighted by Crippen LogP contribution is 2.38. The van der Waals surface area contributed by atoms with E-state index in [1.807, 2.05) is 41.1 Å². The number of nitriles is 1. The van der Waals surface area contributed by atoms with Crippen LogP contribution in [0.15, 0.2) is 54.6 Å². The van der Waals surface area contributed by atoms with Gasteiger partial charge < -0.3 is 9.84 Å². The third-order valence-corrected chi connectivity index (χ3v) is 6.64. The zero-order chi connectivity index (χ0) is 24.6. The van der Waals surface area contributed by atoms with E-state index in [2.05, 4.69) is 6.07 Å². The molecule has 1 saturated carbocycles. The third-order valence-electron chi connectivity index (χ3n) is 6.64. The molecule has 1 aromatic heterocycles. The minimum Gasteiger partial charge on any atom is -0.480 e. The number of aryl methyl sites for hydroxylation is 1. The second kappa shape index (κ2) is 11.8. The van der Waals surface area contributed by atoms with Gasteiger partial charge in [-0.3, -0.25) is 4.68 Å². The number of carboxylic acids is 1. The maximum Gasteiger partial charge on any atom is 0.329 e. The van der Waals surface area contributed by atoms with Crippen LogP contribution in [0.2, 0.25) is 0 Å². The minimum atomic E-state index is -0.938. The predicted molar refractivity (Wildman–Crippen MR) is 131 cm³/mol. The molecule has 0 aliphatic heterocycles. The fourth-order valence-corrected chi connectivity index (χ4v) is 4.97. The highest BCUT2D eigenvalue weighted by atomic mass is 19.1. The van der Waals surface area contributed by atoms with Gasteiger partial charge in [-0.05, 0) is 55.2 Å². The molecule has 0 bridgehead atoms. The van der Waals surface area contributed by atoms with E-state index in [9.17, 15) is 14.4 Å². The summed E-state index contributed by atoms with van der Waals surface area (Å²) in [7, 11) is 0. The molecule has 1 heterocycles. The molecule has 1 aliphatic rings. The Kier molecular flexibility index (Phi) is 8.27. The molecule has 0 radical (unpaired) electrons. The summed E-state index contributed by atoms with van der Waals surface area (Å²) in [6, 6.07) is 18.8. The standard InChI is InChI=1S/C28H30FN3O3/c29-24-9-4-8-23(16-24)27-25(10-5-15-30)31-32(28(27)22-6-2-1-3-7-22)17-20-11-13-21(14-12-20)18-35-19-26(33)34/h1-4,6-9,16,20-21H,5,10-14,17-19H2,(H,33,34). The first-order chi connectivity index (χ1) is 17.0. The molecule has 1 aliphatic carbocycles. The molecule has 35 heavy (non-hydrogen) atoms. The van der Waals surface area contributed by atoms with Gasteiger partial charge in [0.25, 0.3) is 0 Å². The largest absolute Gasteiger partial charge is 0.480 e. The number of nitrogens with zero attached hydrogens (tertiary/aromatic N) is 3. The van der Waals surface area contributed by atoms with Crippen molar-refractivity contribution in [1.82, 2.24) is 9.78 Å². The van der Waals surface area contributed by atoms with Crippen LogP contribution in [0.5, 0.6) is 0 Å². The summed E-state index contributed by atoms with van der Waals surface area (Å²) in [5, 5.41) is 23.0. The van der Waals surface area contributed by atoms with Crippen molar-refractivity contribution < 1.29 is 19.0 Å². The zero-order valence-electron chi connectivity index (χ0n) is 19.7. The lowest BCUT2D eigenvalue weighted by molar-refractivity contribution is -0.142. The Morgan fingerprint density at radius 1 is 1.09 bits per heavy atom. The Hall–Kier alpha value is -3.50. The summed E-state index contributed by atoms with van der Waals surface area (Å²) in [6.45, 7) is 0.974. The molecule has 6 nitrogen and oxygen atoms in total. The summed E-state index contributed by atoms with van der Waals surface area (Å²) in [5.74, 6) is -0.431. The highest BCUT2D eigenvalue weighted by Gasteiger charge is 2.26. The maximum atomic E-state index is 14.2. The number of rotatable bonds is 10. The second-order valence-electron chi connectivity index (χ2n) is 9.18. The van der Waals surface area contributed by atoms with Crippen LogP contribution in [0.4, 0.5) is 4.39 Å². The van der Waals surface area contributed by atoms with E-state index >= 15 is 0 Å². The van der Waals surface area contributed by atoms with Gasteiger partial charge in [-0.25, -0.2) is 9.18 Å². The number of carboxylic acid groups (broad SMARTS) is 1. The summed E-state index contributed by atoms with van der Waals surface area (Å²) < 4.78 is 21.6. The minimum absolute atomic E-state index is 0.248. The van der Waals surface area contributed by atoms with Crippen molar-refractivity contribution in [1.29, 1.82) is 5.26 Å². The Morgan fingerprint density at radius 2 is 1.80 bits per heavy atom. The first-order valence-electron chi connectivity index (χ1n) is 12.1. The molecule has 0 unspecified atom stereocenters. The topological polar surface area (TPSA) is 88.1 Å². The van der Waals surface area contributed by atoms with Crippen LogP contribution in [0.3, 0.4) is 0 Å². The van der Waals surface area contributed by atoms with E-state index in [0.717, 1.165) is 60.3 Å². The molecule has 0 saturated heterocycles. The van der Waals surface area contributed by atoms with Crippen molar-refractivity contribution in [2.24, 2.45) is 11.8 Å². The van der Waals surface area contributed by atoms with Crippen molar-refractivity contribution in [3.63, 3.8) is 0 Å². The first-order valence-corrected chi connectivity index (χ1v) is 12.1. The second-order valence-corrected chi connectivity index (χ2v) is 9.18. The Labute approximate surface area is 205 Å². The lowest BCUT2D eigenvalue weighted by Gasteiger charge is -2.28. The normalized spacial score (nSPS) is 17.7. The molecule has 0 spiro atoms. The van der Waals surface area contributed by atoms with Gasteiger partial charge in [-0.15, -0.1) is 0 Å². The molecule has 7 heteroatoms. The molecule has 1 N–H and O–H groups in total. The zero-order valence-corrected chi connectivity index (χ0v) is 19.7. The van der Waals surface area contributed by atoms with Crippen molar-refractivity contribution in [3.8, 4) is 28.5 Å². The van der Waals surface area contributed by atoms with Gasteiger partial charge in [0.05, 0.1) is 24.1 Å². The summed E-state index contributed by atoms with van der Waals surface area (Å²) in [5.41, 5.74) is 4.44. The number of ether oxygens (including phenoxy) is 1. The molecular weight excluding hydrogens is 445 g/mol. The Morgan fingerprint density at radius 3 is 2.49 bits per heavy atom. The SMILES string of the molecule is N#CCCc1nn(CC2CCC(COCC(=O)O)CC2)c(-c2ccccc2)c1-c1cccc(F)c1. The fourth-order valence-electron chi connectivity index (χ4n) is 4.97. The number of hydrogen-bond acceptors (Lipinski definition) is 4. The summed E-state index contributed by atoms with van der Waals surface area (Å²) in [6.07, 6.45) is 4.85. The fraction of sp³-hybridized carbons (Fsp3) is 0.393. The van der Waals surface area contributed by atoms with E-state index < -0.39 is 5.97 Å². The van der Waals surface area contributed by atoms with Crippen molar-refractivity contribution in [2.75, 3.05) is 13.2 Å². The number of carbonyl (C=O) groups is 1. The number of halogens is 1. The quantitative estimate of drug-likeness (QED) is 0.405. The number of hydrogen-bond donors (Lipinski definition) is 1. The molecular formula is C28H30FN3O3. The summed E-state index contributed by atoms with van der Waals surface area (Å²) in [4.78, 5) is 10.7. The lowest BCUT2D eigenvalue weighted by atomic mass is 9.82. The van der Waals surface area contributed by atoms with Crippen molar-refractivity contribution >= 4 is 5.97 Å². The molecule has 1 fully saturated rings.